The molecular weight excluding hydrogens is 266 g/mol. The minimum absolute atomic E-state index is 0.216. The summed E-state index contributed by atoms with van der Waals surface area (Å²) < 4.78 is 5.33. The Hall–Kier alpha value is -2.65. The number of nitriles is 1. The summed E-state index contributed by atoms with van der Waals surface area (Å²) in [5, 5.41) is 9.32. The van der Waals surface area contributed by atoms with Gasteiger partial charge in [-0.15, -0.1) is 0 Å². The van der Waals surface area contributed by atoms with E-state index in [0.29, 0.717) is 30.4 Å². The second-order valence-electron chi connectivity index (χ2n) is 4.71. The van der Waals surface area contributed by atoms with Gasteiger partial charge in [0.05, 0.1) is 18.9 Å². The SMILES string of the molecule is N#Cc1c(N)nc(N2CCOCC2)nc1-c1ccccc1. The number of hydrogen-bond donors (Lipinski definition) is 1. The van der Waals surface area contributed by atoms with Crippen LogP contribution in [0, 0.1) is 11.3 Å². The molecule has 1 aromatic heterocycles. The molecule has 1 aliphatic rings. The van der Waals surface area contributed by atoms with Gasteiger partial charge in [0.15, 0.2) is 0 Å². The Morgan fingerprint density at radius 1 is 1.14 bits per heavy atom. The number of ether oxygens (including phenoxy) is 1. The highest BCUT2D eigenvalue weighted by Crippen LogP contribution is 2.27. The monoisotopic (exact) mass is 281 g/mol. The number of hydrogen-bond acceptors (Lipinski definition) is 6. The van der Waals surface area contributed by atoms with E-state index in [0.717, 1.165) is 18.7 Å². The Morgan fingerprint density at radius 3 is 2.52 bits per heavy atom. The van der Waals surface area contributed by atoms with E-state index in [2.05, 4.69) is 16.0 Å². The Balaban J connectivity index is 2.09. The number of nitrogen functional groups attached to an aromatic ring is 1. The summed E-state index contributed by atoms with van der Waals surface area (Å²) in [5.41, 5.74) is 7.70. The van der Waals surface area contributed by atoms with Crippen LogP contribution in [0.4, 0.5) is 11.8 Å². The van der Waals surface area contributed by atoms with Crippen molar-refractivity contribution in [2.75, 3.05) is 36.9 Å². The molecule has 0 amide bonds. The van der Waals surface area contributed by atoms with Crippen LogP contribution in [0.2, 0.25) is 0 Å². The number of benzene rings is 1. The van der Waals surface area contributed by atoms with E-state index < -0.39 is 0 Å². The van der Waals surface area contributed by atoms with Gasteiger partial charge < -0.3 is 15.4 Å². The van der Waals surface area contributed by atoms with Crippen molar-refractivity contribution in [1.82, 2.24) is 9.97 Å². The molecule has 1 aliphatic heterocycles. The maximum atomic E-state index is 9.32. The highest BCUT2D eigenvalue weighted by Gasteiger charge is 2.19. The molecule has 0 saturated carbocycles. The van der Waals surface area contributed by atoms with Crippen molar-refractivity contribution in [3.05, 3.63) is 35.9 Å². The van der Waals surface area contributed by atoms with Crippen LogP contribution in [-0.2, 0) is 4.74 Å². The third-order valence-electron chi connectivity index (χ3n) is 3.38. The molecular formula is C15H15N5O. The predicted molar refractivity (Wildman–Crippen MR) is 79.6 cm³/mol. The Kier molecular flexibility index (Phi) is 3.67. The van der Waals surface area contributed by atoms with E-state index in [1.165, 1.54) is 0 Å². The second-order valence-corrected chi connectivity index (χ2v) is 4.71. The van der Waals surface area contributed by atoms with Crippen molar-refractivity contribution in [2.24, 2.45) is 0 Å². The molecule has 6 heteroatoms. The fourth-order valence-electron chi connectivity index (χ4n) is 2.29. The van der Waals surface area contributed by atoms with E-state index in [1.807, 2.05) is 35.2 Å². The summed E-state index contributed by atoms with van der Waals surface area (Å²) in [4.78, 5) is 10.8. The van der Waals surface area contributed by atoms with E-state index in [1.54, 1.807) is 0 Å². The number of rotatable bonds is 2. The Bertz CT molecular complexity index is 674. The van der Waals surface area contributed by atoms with Gasteiger partial charge in [0.25, 0.3) is 0 Å². The van der Waals surface area contributed by atoms with Crippen molar-refractivity contribution in [1.29, 1.82) is 5.26 Å². The zero-order valence-corrected chi connectivity index (χ0v) is 11.5. The highest BCUT2D eigenvalue weighted by atomic mass is 16.5. The van der Waals surface area contributed by atoms with Gasteiger partial charge in [-0.2, -0.15) is 10.2 Å². The van der Waals surface area contributed by atoms with Crippen molar-refractivity contribution in [3.63, 3.8) is 0 Å². The number of nitrogens with zero attached hydrogens (tertiary/aromatic N) is 4. The normalized spacial score (nSPS) is 14.7. The van der Waals surface area contributed by atoms with Crippen LogP contribution < -0.4 is 10.6 Å². The van der Waals surface area contributed by atoms with Gasteiger partial charge in [-0.05, 0) is 0 Å². The van der Waals surface area contributed by atoms with Crippen LogP contribution in [-0.4, -0.2) is 36.3 Å². The van der Waals surface area contributed by atoms with Gasteiger partial charge in [-0.3, -0.25) is 0 Å². The first-order valence-electron chi connectivity index (χ1n) is 6.75. The molecule has 2 N–H and O–H groups in total. The van der Waals surface area contributed by atoms with Crippen molar-refractivity contribution in [2.45, 2.75) is 0 Å². The minimum Gasteiger partial charge on any atom is -0.382 e. The van der Waals surface area contributed by atoms with Gasteiger partial charge >= 0.3 is 0 Å². The molecule has 0 aliphatic carbocycles. The summed E-state index contributed by atoms with van der Waals surface area (Å²) in [6.07, 6.45) is 0. The van der Waals surface area contributed by atoms with Crippen molar-refractivity contribution < 1.29 is 4.74 Å². The zero-order chi connectivity index (χ0) is 14.7. The van der Waals surface area contributed by atoms with E-state index in [-0.39, 0.29) is 5.82 Å². The first-order valence-corrected chi connectivity index (χ1v) is 6.75. The molecule has 2 heterocycles. The van der Waals surface area contributed by atoms with Gasteiger partial charge in [0.1, 0.15) is 17.5 Å². The molecule has 2 aromatic rings. The largest absolute Gasteiger partial charge is 0.382 e. The fourth-order valence-corrected chi connectivity index (χ4v) is 2.29. The fraction of sp³-hybridized carbons (Fsp3) is 0.267. The first kappa shape index (κ1) is 13.3. The van der Waals surface area contributed by atoms with Gasteiger partial charge in [-0.1, -0.05) is 30.3 Å². The molecule has 0 radical (unpaired) electrons. The number of nitrogens with two attached hydrogens (primary N) is 1. The third-order valence-corrected chi connectivity index (χ3v) is 3.38. The van der Waals surface area contributed by atoms with E-state index in [4.69, 9.17) is 10.5 Å². The molecule has 0 atom stereocenters. The molecule has 1 aromatic carbocycles. The van der Waals surface area contributed by atoms with Crippen LogP contribution >= 0.6 is 0 Å². The predicted octanol–water partition coefficient (Wildman–Crippen LogP) is 1.43. The lowest BCUT2D eigenvalue weighted by Crippen LogP contribution is -2.37. The molecule has 0 bridgehead atoms. The summed E-state index contributed by atoms with van der Waals surface area (Å²) in [6.45, 7) is 2.73. The maximum absolute atomic E-state index is 9.32. The molecule has 21 heavy (non-hydrogen) atoms. The topological polar surface area (TPSA) is 88.1 Å². The second kappa shape index (κ2) is 5.77. The standard InChI is InChI=1S/C15H15N5O/c16-10-12-13(11-4-2-1-3-5-11)18-15(19-14(12)17)20-6-8-21-9-7-20/h1-5H,6-9H2,(H2,17,18,19). The minimum atomic E-state index is 0.216. The average molecular weight is 281 g/mol. The molecule has 1 fully saturated rings. The van der Waals surface area contributed by atoms with Gasteiger partial charge in [-0.25, -0.2) is 4.98 Å². The van der Waals surface area contributed by atoms with Crippen LogP contribution in [0.5, 0.6) is 0 Å². The lowest BCUT2D eigenvalue weighted by atomic mass is 10.1. The molecule has 0 spiro atoms. The van der Waals surface area contributed by atoms with Crippen molar-refractivity contribution >= 4 is 11.8 Å². The number of morpholine rings is 1. The molecule has 3 rings (SSSR count). The number of aromatic nitrogens is 2. The van der Waals surface area contributed by atoms with Crippen LogP contribution in [0.1, 0.15) is 5.56 Å². The summed E-state index contributed by atoms with van der Waals surface area (Å²) in [6, 6.07) is 11.6. The van der Waals surface area contributed by atoms with E-state index in [9.17, 15) is 5.26 Å². The Morgan fingerprint density at radius 2 is 1.86 bits per heavy atom. The molecule has 0 unspecified atom stereocenters. The average Bonchev–Trinajstić information content (AvgIpc) is 2.55. The maximum Gasteiger partial charge on any atom is 0.228 e. The zero-order valence-electron chi connectivity index (χ0n) is 11.5. The first-order chi connectivity index (χ1) is 10.3. The lowest BCUT2D eigenvalue weighted by Gasteiger charge is -2.27. The van der Waals surface area contributed by atoms with Crippen LogP contribution in [0.3, 0.4) is 0 Å². The van der Waals surface area contributed by atoms with Crippen LogP contribution in [0.25, 0.3) is 11.3 Å². The quantitative estimate of drug-likeness (QED) is 0.896. The Labute approximate surface area is 122 Å². The van der Waals surface area contributed by atoms with Crippen LogP contribution in [0.15, 0.2) is 30.3 Å². The smallest absolute Gasteiger partial charge is 0.228 e. The number of anilines is 2. The molecule has 1 saturated heterocycles. The summed E-state index contributed by atoms with van der Waals surface area (Å²) in [5.74, 6) is 0.765. The highest BCUT2D eigenvalue weighted by molar-refractivity contribution is 5.73. The van der Waals surface area contributed by atoms with Gasteiger partial charge in [0, 0.05) is 18.7 Å². The van der Waals surface area contributed by atoms with Crippen molar-refractivity contribution in [3.8, 4) is 17.3 Å². The lowest BCUT2D eigenvalue weighted by molar-refractivity contribution is 0.122. The molecule has 106 valence electrons. The van der Waals surface area contributed by atoms with E-state index >= 15 is 0 Å². The third kappa shape index (κ3) is 2.64. The molecule has 6 nitrogen and oxygen atoms in total. The summed E-state index contributed by atoms with van der Waals surface area (Å²) in [7, 11) is 0. The van der Waals surface area contributed by atoms with Gasteiger partial charge in [0.2, 0.25) is 5.95 Å². The summed E-state index contributed by atoms with van der Waals surface area (Å²) >= 11 is 0.